The van der Waals surface area contributed by atoms with Crippen LogP contribution in [0.3, 0.4) is 0 Å². The number of rotatable bonds is 22. The highest BCUT2D eigenvalue weighted by molar-refractivity contribution is 7.45. The molecular formula is C26H50P. The van der Waals surface area contributed by atoms with Gasteiger partial charge in [-0.25, -0.2) is 0 Å². The third-order valence-electron chi connectivity index (χ3n) is 5.33. The Morgan fingerprint density at radius 3 is 1.04 bits per heavy atom. The molecule has 0 amide bonds. The van der Waals surface area contributed by atoms with Crippen LogP contribution in [0.2, 0.25) is 0 Å². The highest BCUT2D eigenvalue weighted by Crippen LogP contribution is 2.17. The highest BCUT2D eigenvalue weighted by Gasteiger charge is 1.92. The predicted molar refractivity (Wildman–Crippen MR) is 129 cm³/mol. The molecule has 0 aliphatic heterocycles. The van der Waals surface area contributed by atoms with Crippen molar-refractivity contribution >= 4 is 8.58 Å². The Morgan fingerprint density at radius 1 is 0.407 bits per heavy atom. The Bertz CT molecular complexity index is 275. The fourth-order valence-electron chi connectivity index (χ4n) is 3.47. The number of allylic oxidation sites excluding steroid dienone is 2. The molecule has 0 saturated carbocycles. The number of unbranched alkanes of at least 4 members (excludes halogenated alkanes) is 18. The molecule has 0 heterocycles. The van der Waals surface area contributed by atoms with Crippen molar-refractivity contribution in [3.05, 3.63) is 23.8 Å². The van der Waals surface area contributed by atoms with Crippen LogP contribution in [0.25, 0.3) is 0 Å². The van der Waals surface area contributed by atoms with Gasteiger partial charge in [0.25, 0.3) is 0 Å². The minimum Gasteiger partial charge on any atom is -0.0834 e. The van der Waals surface area contributed by atoms with Gasteiger partial charge < -0.3 is 0 Å². The first-order valence-electron chi connectivity index (χ1n) is 12.4. The summed E-state index contributed by atoms with van der Waals surface area (Å²) in [5.74, 6) is 4.66. The number of hydrogen-bond donors (Lipinski definition) is 0. The van der Waals surface area contributed by atoms with Gasteiger partial charge in [-0.1, -0.05) is 140 Å². The van der Waals surface area contributed by atoms with E-state index in [1.165, 1.54) is 137 Å². The van der Waals surface area contributed by atoms with Crippen molar-refractivity contribution < 1.29 is 0 Å². The minimum atomic E-state index is 1.27. The van der Waals surface area contributed by atoms with Crippen molar-refractivity contribution in [1.82, 2.24) is 0 Å². The van der Waals surface area contributed by atoms with Gasteiger partial charge in [0.1, 0.15) is 0 Å². The van der Waals surface area contributed by atoms with Crippen LogP contribution in [0, 0.1) is 0 Å². The standard InChI is InChI=1S/C26H50P/c1-3-5-7-9-11-13-15-17-19-21-23-25-27-26-24-22-20-18-16-14-12-10-8-6-4-2/h23-26H,3-22H2,1-2H3. The van der Waals surface area contributed by atoms with Gasteiger partial charge in [-0.2, -0.15) is 0 Å². The zero-order valence-corrected chi connectivity index (χ0v) is 19.8. The fourth-order valence-corrected chi connectivity index (χ4v) is 4.11. The largest absolute Gasteiger partial charge is 0.0834 e. The minimum absolute atomic E-state index is 1.27. The lowest BCUT2D eigenvalue weighted by molar-refractivity contribution is 0.566. The SMILES string of the molecule is CCCCCCCCCCCC=C[P]C=CCCCCCCCCCCC. The Kier molecular flexibility index (Phi) is 25.8. The summed E-state index contributed by atoms with van der Waals surface area (Å²) in [7, 11) is 1.37. The van der Waals surface area contributed by atoms with Gasteiger partial charge in [-0.15, -0.1) is 0 Å². The first-order chi connectivity index (χ1) is 13.4. The van der Waals surface area contributed by atoms with Crippen molar-refractivity contribution in [1.29, 1.82) is 0 Å². The van der Waals surface area contributed by atoms with Gasteiger partial charge in [0.2, 0.25) is 0 Å². The zero-order chi connectivity index (χ0) is 19.7. The summed E-state index contributed by atoms with van der Waals surface area (Å²) in [5.41, 5.74) is 0. The molecule has 0 unspecified atom stereocenters. The molecular weight excluding hydrogens is 343 g/mol. The molecule has 0 bridgehead atoms. The second kappa shape index (κ2) is 25.9. The van der Waals surface area contributed by atoms with Crippen molar-refractivity contribution in [3.63, 3.8) is 0 Å². The van der Waals surface area contributed by atoms with Crippen LogP contribution < -0.4 is 0 Å². The van der Waals surface area contributed by atoms with E-state index in [-0.39, 0.29) is 0 Å². The van der Waals surface area contributed by atoms with E-state index in [4.69, 9.17) is 0 Å². The second-order valence-electron chi connectivity index (χ2n) is 8.15. The Labute approximate surface area is 174 Å². The lowest BCUT2D eigenvalue weighted by Gasteiger charge is -2.00. The molecule has 1 radical (unpaired) electrons. The third kappa shape index (κ3) is 25.9. The molecule has 0 saturated heterocycles. The smallest absolute Gasteiger partial charge is 0.0267 e. The quantitative estimate of drug-likeness (QED) is 0.127. The van der Waals surface area contributed by atoms with Crippen LogP contribution in [0.1, 0.15) is 142 Å². The average Bonchev–Trinajstić information content (AvgIpc) is 2.68. The van der Waals surface area contributed by atoms with Gasteiger partial charge in [0.15, 0.2) is 0 Å². The third-order valence-corrected chi connectivity index (χ3v) is 6.10. The maximum atomic E-state index is 2.38. The molecule has 1 heteroatoms. The zero-order valence-electron chi connectivity index (χ0n) is 18.9. The van der Waals surface area contributed by atoms with E-state index in [1.54, 1.807) is 0 Å². The molecule has 0 nitrogen and oxygen atoms in total. The molecule has 0 N–H and O–H groups in total. The lowest BCUT2D eigenvalue weighted by atomic mass is 10.1. The lowest BCUT2D eigenvalue weighted by Crippen LogP contribution is -1.80. The van der Waals surface area contributed by atoms with Crippen molar-refractivity contribution in [2.45, 2.75) is 142 Å². The van der Waals surface area contributed by atoms with Crippen molar-refractivity contribution in [2.75, 3.05) is 0 Å². The summed E-state index contributed by atoms with van der Waals surface area (Å²) >= 11 is 0. The van der Waals surface area contributed by atoms with Crippen LogP contribution in [0.15, 0.2) is 23.8 Å². The summed E-state index contributed by atoms with van der Waals surface area (Å²) < 4.78 is 0. The second-order valence-corrected chi connectivity index (χ2v) is 9.05. The van der Waals surface area contributed by atoms with E-state index < -0.39 is 0 Å². The molecule has 0 aromatic carbocycles. The van der Waals surface area contributed by atoms with Crippen molar-refractivity contribution in [2.24, 2.45) is 0 Å². The first kappa shape index (κ1) is 26.9. The van der Waals surface area contributed by atoms with Gasteiger partial charge in [-0.3, -0.25) is 0 Å². The van der Waals surface area contributed by atoms with Crippen molar-refractivity contribution in [3.8, 4) is 0 Å². The van der Waals surface area contributed by atoms with E-state index in [1.807, 2.05) is 0 Å². The average molecular weight is 394 g/mol. The number of hydrogen-bond acceptors (Lipinski definition) is 0. The molecule has 0 aromatic heterocycles. The summed E-state index contributed by atoms with van der Waals surface area (Å²) in [6.07, 6.45) is 33.0. The molecule has 27 heavy (non-hydrogen) atoms. The predicted octanol–water partition coefficient (Wildman–Crippen LogP) is 10.8. The van der Waals surface area contributed by atoms with Gasteiger partial charge in [-0.05, 0) is 34.3 Å². The first-order valence-corrected chi connectivity index (χ1v) is 13.4. The van der Waals surface area contributed by atoms with Gasteiger partial charge in [0, 0.05) is 0 Å². The molecule has 0 aliphatic rings. The monoisotopic (exact) mass is 393 g/mol. The molecule has 0 atom stereocenters. The van der Waals surface area contributed by atoms with E-state index in [0.717, 1.165) is 0 Å². The van der Waals surface area contributed by atoms with Crippen LogP contribution >= 0.6 is 8.58 Å². The van der Waals surface area contributed by atoms with Gasteiger partial charge >= 0.3 is 0 Å². The molecule has 0 rings (SSSR count). The van der Waals surface area contributed by atoms with E-state index in [0.29, 0.717) is 0 Å². The summed E-state index contributed by atoms with van der Waals surface area (Å²) in [4.78, 5) is 0. The van der Waals surface area contributed by atoms with E-state index >= 15 is 0 Å². The van der Waals surface area contributed by atoms with Gasteiger partial charge in [0.05, 0.1) is 0 Å². The van der Waals surface area contributed by atoms with Crippen LogP contribution in [0.4, 0.5) is 0 Å². The Morgan fingerprint density at radius 2 is 0.704 bits per heavy atom. The van der Waals surface area contributed by atoms with E-state index in [9.17, 15) is 0 Å². The molecule has 159 valence electrons. The highest BCUT2D eigenvalue weighted by atomic mass is 31.1. The molecule has 0 fully saturated rings. The molecule has 0 spiro atoms. The fraction of sp³-hybridized carbons (Fsp3) is 0.846. The normalized spacial score (nSPS) is 12.4. The van der Waals surface area contributed by atoms with Crippen LogP contribution in [0.5, 0.6) is 0 Å². The summed E-state index contributed by atoms with van der Waals surface area (Å²) in [6, 6.07) is 0. The maximum Gasteiger partial charge on any atom is -0.0267 e. The topological polar surface area (TPSA) is 0 Å². The van der Waals surface area contributed by atoms with Crippen LogP contribution in [-0.2, 0) is 0 Å². The summed E-state index contributed by atoms with van der Waals surface area (Å²) in [5, 5.41) is 0. The van der Waals surface area contributed by atoms with Crippen LogP contribution in [-0.4, -0.2) is 0 Å². The molecule has 0 aliphatic carbocycles. The Hall–Kier alpha value is -0.0900. The van der Waals surface area contributed by atoms with E-state index in [2.05, 4.69) is 37.6 Å². The maximum absolute atomic E-state index is 2.38. The Balaban J connectivity index is 3.14. The summed E-state index contributed by atoms with van der Waals surface area (Å²) in [6.45, 7) is 4.58. The molecule has 0 aromatic rings.